The number of carbonyl (C=O) groups excluding carboxylic acids is 1. The van der Waals surface area contributed by atoms with Crippen molar-refractivity contribution in [2.45, 2.75) is 74.3 Å². The molecule has 140 heavy (non-hydrogen) atoms. The molecular formula is C106H88Cl4F7I4N7O12. The van der Waals surface area contributed by atoms with Crippen molar-refractivity contribution in [1.29, 1.82) is 0 Å². The molecule has 0 fully saturated rings. The van der Waals surface area contributed by atoms with Gasteiger partial charge in [0.1, 0.15) is 57.6 Å². The first-order valence-corrected chi connectivity index (χ1v) is 47.6. The molecule has 15 rings (SSSR count). The van der Waals surface area contributed by atoms with Crippen molar-refractivity contribution in [3.8, 4) is 51.7 Å². The van der Waals surface area contributed by atoms with Gasteiger partial charge in [-0.25, -0.2) is 9.18 Å². The van der Waals surface area contributed by atoms with Crippen molar-refractivity contribution in [2.24, 2.45) is 34.9 Å². The number of alkyl halides is 6. The summed E-state index contributed by atoms with van der Waals surface area (Å²) in [7, 11) is 1.63. The molecule has 14 aromatic carbocycles. The number of hydrogen-bond donors (Lipinski definition) is 7. The van der Waals surface area contributed by atoms with Crippen molar-refractivity contribution in [3.05, 3.63) is 389 Å². The number of carbonyl (C=O) groups is 1. The van der Waals surface area contributed by atoms with Crippen LogP contribution in [0.15, 0.2) is 284 Å². The number of phenolic OH excluding ortho intramolecular Hbond substituents is 7. The third-order valence-electron chi connectivity index (χ3n) is 19.2. The van der Waals surface area contributed by atoms with E-state index in [1.165, 1.54) is 36.7 Å². The molecule has 1 aliphatic rings. The van der Waals surface area contributed by atoms with Crippen LogP contribution in [0.1, 0.15) is 112 Å². The topological polar surface area (TPSA) is 282 Å². The second-order valence-corrected chi connectivity index (χ2v) is 36.8. The number of esters is 1. The van der Waals surface area contributed by atoms with Gasteiger partial charge in [-0.15, -0.1) is 0 Å². The maximum Gasteiger partial charge on any atom is 0.416 e. The van der Waals surface area contributed by atoms with Gasteiger partial charge in [0.25, 0.3) is 0 Å². The van der Waals surface area contributed by atoms with Gasteiger partial charge in [0.2, 0.25) is 0 Å². The van der Waals surface area contributed by atoms with Crippen LogP contribution in [-0.2, 0) is 28.4 Å². The number of benzene rings is 14. The van der Waals surface area contributed by atoms with Crippen molar-refractivity contribution in [3.63, 3.8) is 0 Å². The molecule has 0 radical (unpaired) electrons. The molecule has 0 bridgehead atoms. The second-order valence-electron chi connectivity index (χ2n) is 30.5. The first-order valence-electron chi connectivity index (χ1n) is 41.7. The van der Waals surface area contributed by atoms with Crippen molar-refractivity contribution in [1.82, 2.24) is 0 Å². The number of rotatable bonds is 17. The number of ether oxygens (including phenoxy) is 4. The lowest BCUT2D eigenvalue weighted by Gasteiger charge is -2.17. The second kappa shape index (κ2) is 53.6. The Bertz CT molecular complexity index is 6920. The molecule has 0 unspecified atom stereocenters. The van der Waals surface area contributed by atoms with Crippen molar-refractivity contribution >= 4 is 226 Å². The standard InChI is InChI=1S/C17H16INO3.C16H14ClNO3.C15H10Cl2F3NO.C15H11ClF3NO.C15H14INO2.C14H11FINO.C14H12INO/c1-3-22-17(21)12-4-6-14(7-5-12)19-10-13-8-11(2)9-15(18)16(13)20;1-10-4-11(16(19)14(17)5-10)7-18-13-2-3-15-12(6-13)8-20-9-21-15;1-8-4-9(14(22)12(17)5-8)7-21-13-3-2-10(6-11(13)16)15(18,19)20;1-9-2-5-14(21)10(6-9)8-20-13-4-3-11(7-12(13)16)15(17,18)19;1-10-7-11(15(18)14(16)8-10)9-17-12-3-5-13(19-2)6-4-12;1-9-6-10(14(18)13(16)7-9)8-17-12-4-2-11(15)3-5-12;1-10-7-11(14(17)13(15)8-10)9-16-12-5-3-2-4-6-12/h4-10,20H,3H2,1-2H3;2-7,19H,8-9H2,1H3;2-7,22H,1H3;2-8,21H,1H3;3-9,18H,1-2H3;2-8,18H,1H3;2-9,17H,1H3. The molecule has 0 aromatic heterocycles. The van der Waals surface area contributed by atoms with E-state index in [9.17, 15) is 71.3 Å². The van der Waals surface area contributed by atoms with E-state index in [-0.39, 0.29) is 85.3 Å². The van der Waals surface area contributed by atoms with Crippen LogP contribution in [0.3, 0.4) is 0 Å². The monoisotopic (exact) mass is 2430 g/mol. The van der Waals surface area contributed by atoms with Crippen molar-refractivity contribution in [2.75, 3.05) is 20.5 Å². The quantitative estimate of drug-likeness (QED) is 0.0194. The summed E-state index contributed by atoms with van der Waals surface area (Å²) in [6, 6.07) is 68.2. The lowest BCUT2D eigenvalue weighted by molar-refractivity contribution is -0.138. The number of hydrogen-bond acceptors (Lipinski definition) is 19. The summed E-state index contributed by atoms with van der Waals surface area (Å²) in [5.41, 5.74) is 15.1. The first-order chi connectivity index (χ1) is 66.4. The Morgan fingerprint density at radius 1 is 0.379 bits per heavy atom. The van der Waals surface area contributed by atoms with Crippen LogP contribution in [0.4, 0.5) is 70.5 Å². The lowest BCUT2D eigenvalue weighted by Crippen LogP contribution is -2.10. The Balaban J connectivity index is 0.000000183. The Morgan fingerprint density at radius 3 is 1.11 bits per heavy atom. The number of methoxy groups -OCH3 is 1. The third-order valence-corrected chi connectivity index (χ3v) is 23.7. The normalized spacial score (nSPS) is 11.7. The number of aryl methyl sites for hydroxylation is 7. The van der Waals surface area contributed by atoms with Crippen molar-refractivity contribution < 1.29 is 90.2 Å². The van der Waals surface area contributed by atoms with Gasteiger partial charge in [0.05, 0.1) is 111 Å². The number of phenols is 7. The molecule has 34 heteroatoms. The van der Waals surface area contributed by atoms with E-state index >= 15 is 0 Å². The van der Waals surface area contributed by atoms with Gasteiger partial charge >= 0.3 is 18.3 Å². The molecule has 0 amide bonds. The lowest BCUT2D eigenvalue weighted by atomic mass is 10.1. The zero-order valence-electron chi connectivity index (χ0n) is 75.8. The van der Waals surface area contributed by atoms with Gasteiger partial charge in [-0.05, 0) is 404 Å². The number of aromatic hydroxyl groups is 7. The highest BCUT2D eigenvalue weighted by molar-refractivity contribution is 14.1. The third kappa shape index (κ3) is 35.0. The molecule has 19 nitrogen and oxygen atoms in total. The summed E-state index contributed by atoms with van der Waals surface area (Å²) >= 11 is 31.8. The predicted octanol–water partition coefficient (Wildman–Crippen LogP) is 31.4. The molecule has 14 aromatic rings. The first kappa shape index (κ1) is 112. The maximum absolute atomic E-state index is 12.7. The average molecular weight is 2430 g/mol. The molecule has 724 valence electrons. The molecular weight excluding hydrogens is 2350 g/mol. The number of halogens is 15. The highest BCUT2D eigenvalue weighted by Crippen LogP contribution is 2.40. The summed E-state index contributed by atoms with van der Waals surface area (Å²) in [6.07, 6.45) is 1.91. The minimum absolute atomic E-state index is 0.0346. The SMILES string of the molecule is CCOC(=O)c1ccc(N=Cc2cc(C)cc(I)c2O)cc1.COc1ccc(N=Cc2cc(C)cc(I)c2O)cc1.Cc1cc(Cl)c(O)c(C=Nc2ccc(C(F)(F)F)cc2Cl)c1.Cc1cc(Cl)c(O)c(C=Nc2ccc3c(c2)COCO3)c1.Cc1cc(I)c(O)c(C=Nc2ccc(F)cc2)c1.Cc1cc(I)c(O)c(C=Nc2ccccc2)c1.Cc1ccc(O)c(C=Nc2ccc(C(F)(F)F)cc2Cl)c1. The molecule has 0 spiro atoms. The van der Waals surface area contributed by atoms with Crippen LogP contribution in [-0.4, -0.2) is 106 Å². The zero-order valence-corrected chi connectivity index (χ0v) is 87.5. The fraction of sp³-hybridized carbons (Fsp3) is 0.132. The number of nitrogens with zero attached hydrogens (tertiary/aromatic N) is 7. The van der Waals surface area contributed by atoms with Crippen LogP contribution >= 0.6 is 137 Å². The average Bonchev–Trinajstić information content (AvgIpc) is 0.822. The summed E-state index contributed by atoms with van der Waals surface area (Å²) < 4.78 is 112. The number of para-hydroxylation sites is 1. The smallest absolute Gasteiger partial charge is 0.416 e. The zero-order chi connectivity index (χ0) is 102. The molecule has 1 heterocycles. The van der Waals surface area contributed by atoms with Crippen LogP contribution in [0.2, 0.25) is 20.1 Å². The Hall–Kier alpha value is -12.0. The molecule has 0 saturated heterocycles. The molecule has 0 aliphatic carbocycles. The summed E-state index contributed by atoms with van der Waals surface area (Å²) in [5.74, 6) is 1.89. The summed E-state index contributed by atoms with van der Waals surface area (Å²) in [5, 5.41) is 69.4. The highest BCUT2D eigenvalue weighted by atomic mass is 127. The fourth-order valence-electron chi connectivity index (χ4n) is 12.3. The van der Waals surface area contributed by atoms with E-state index in [4.69, 9.17) is 65.4 Å². The molecule has 1 aliphatic heterocycles. The molecule has 0 saturated carbocycles. The van der Waals surface area contributed by atoms with Gasteiger partial charge in [-0.3, -0.25) is 34.9 Å². The fourth-order valence-corrected chi connectivity index (χ4v) is 16.5. The minimum atomic E-state index is -4.46. The van der Waals surface area contributed by atoms with Crippen LogP contribution < -0.4 is 9.47 Å². The van der Waals surface area contributed by atoms with Crippen LogP contribution in [0.25, 0.3) is 0 Å². The predicted molar refractivity (Wildman–Crippen MR) is 579 cm³/mol. The molecule has 7 N–H and O–H groups in total. The van der Waals surface area contributed by atoms with E-state index in [1.807, 2.05) is 169 Å². The van der Waals surface area contributed by atoms with E-state index in [0.29, 0.717) is 63.0 Å². The van der Waals surface area contributed by atoms with Crippen LogP contribution in [0, 0.1) is 68.6 Å². The van der Waals surface area contributed by atoms with E-state index in [0.717, 1.165) is 129 Å². The highest BCUT2D eigenvalue weighted by Gasteiger charge is 2.32. The Morgan fingerprint density at radius 2 is 0.721 bits per heavy atom. The van der Waals surface area contributed by atoms with E-state index < -0.39 is 23.5 Å². The molecule has 0 atom stereocenters. The summed E-state index contributed by atoms with van der Waals surface area (Å²) in [4.78, 5) is 41.2. The van der Waals surface area contributed by atoms with Gasteiger partial charge in [0.15, 0.2) is 6.79 Å². The number of fused-ring (bicyclic) bond motifs is 1. The van der Waals surface area contributed by atoms with E-state index in [1.54, 1.807) is 119 Å². The van der Waals surface area contributed by atoms with E-state index in [2.05, 4.69) is 125 Å². The Kier molecular flexibility index (Phi) is 42.7. The van der Waals surface area contributed by atoms with Gasteiger partial charge < -0.3 is 54.7 Å². The largest absolute Gasteiger partial charge is 0.507 e. The van der Waals surface area contributed by atoms with Gasteiger partial charge in [-0.1, -0.05) is 76.2 Å². The van der Waals surface area contributed by atoms with Gasteiger partial charge in [-0.2, -0.15) is 26.3 Å². The number of aliphatic imine (C=N–C) groups is 7. The van der Waals surface area contributed by atoms with Crippen LogP contribution in [0.5, 0.6) is 51.7 Å². The summed E-state index contributed by atoms with van der Waals surface area (Å²) in [6.45, 7) is 16.4. The minimum Gasteiger partial charge on any atom is -0.507 e. The maximum atomic E-state index is 12.7. The van der Waals surface area contributed by atoms with Gasteiger partial charge in [0, 0.05) is 88.0 Å². The Labute approximate surface area is 878 Å².